The summed E-state index contributed by atoms with van der Waals surface area (Å²) < 4.78 is 25.5. The maximum absolute atomic E-state index is 13.9. The van der Waals surface area contributed by atoms with Gasteiger partial charge in [-0.2, -0.15) is 0 Å². The van der Waals surface area contributed by atoms with Crippen LogP contribution in [0.1, 0.15) is 44.1 Å². The molecule has 0 spiro atoms. The molecule has 1 aromatic rings. The van der Waals surface area contributed by atoms with Crippen molar-refractivity contribution >= 4 is 0 Å². The Hall–Kier alpha value is -1.01. The number of likely N-dealkylation sites (tertiary alicyclic amines) is 1. The third kappa shape index (κ3) is 5.53. The van der Waals surface area contributed by atoms with Gasteiger partial charge in [-0.15, -0.1) is 0 Å². The number of hydrogen-bond donors (Lipinski definition) is 0. The van der Waals surface area contributed by atoms with Crippen LogP contribution in [-0.4, -0.2) is 67.9 Å². The van der Waals surface area contributed by atoms with Crippen LogP contribution in [0.3, 0.4) is 0 Å². The molecule has 0 saturated carbocycles. The zero-order chi connectivity index (χ0) is 19.2. The van der Waals surface area contributed by atoms with Gasteiger partial charge in [0.2, 0.25) is 0 Å². The van der Waals surface area contributed by atoms with Crippen molar-refractivity contribution in [2.45, 2.75) is 57.2 Å². The Labute approximate surface area is 169 Å². The van der Waals surface area contributed by atoms with E-state index in [2.05, 4.69) is 9.80 Å². The highest BCUT2D eigenvalue weighted by Crippen LogP contribution is 2.25. The Bertz CT molecular complexity index is 594. The van der Waals surface area contributed by atoms with Gasteiger partial charge in [-0.1, -0.05) is 18.2 Å². The van der Waals surface area contributed by atoms with Gasteiger partial charge in [0.25, 0.3) is 0 Å². The number of halogens is 1. The molecule has 156 valence electrons. The molecule has 1 atom stereocenters. The van der Waals surface area contributed by atoms with Crippen LogP contribution in [0.25, 0.3) is 0 Å². The molecule has 3 fully saturated rings. The number of benzene rings is 1. The van der Waals surface area contributed by atoms with Crippen molar-refractivity contribution in [2.24, 2.45) is 5.92 Å². The van der Waals surface area contributed by atoms with E-state index in [9.17, 15) is 4.39 Å². The summed E-state index contributed by atoms with van der Waals surface area (Å²) in [5.74, 6) is 0.660. The van der Waals surface area contributed by atoms with Crippen LogP contribution < -0.4 is 0 Å². The van der Waals surface area contributed by atoms with Crippen LogP contribution in [0.2, 0.25) is 0 Å². The molecule has 1 aromatic carbocycles. The molecule has 1 unspecified atom stereocenters. The SMILES string of the molecule is Fc1ccccc1CN1CCC(CN(CC2CCCO2)C2CCOCC2)CC1. The monoisotopic (exact) mass is 390 g/mol. The van der Waals surface area contributed by atoms with Crippen molar-refractivity contribution in [3.05, 3.63) is 35.6 Å². The van der Waals surface area contributed by atoms with E-state index in [4.69, 9.17) is 9.47 Å². The van der Waals surface area contributed by atoms with Crippen LogP contribution in [0.5, 0.6) is 0 Å². The van der Waals surface area contributed by atoms with Crippen molar-refractivity contribution in [1.82, 2.24) is 9.80 Å². The number of rotatable bonds is 7. The molecule has 3 aliphatic rings. The van der Waals surface area contributed by atoms with E-state index in [1.54, 1.807) is 12.1 Å². The fourth-order valence-electron chi connectivity index (χ4n) is 5.00. The predicted octanol–water partition coefficient (Wildman–Crippen LogP) is 3.70. The molecule has 0 aliphatic carbocycles. The summed E-state index contributed by atoms with van der Waals surface area (Å²) in [5.41, 5.74) is 0.822. The van der Waals surface area contributed by atoms with E-state index in [0.717, 1.165) is 70.3 Å². The normalized spacial score (nSPS) is 25.6. The lowest BCUT2D eigenvalue weighted by molar-refractivity contribution is -0.00310. The molecule has 0 bridgehead atoms. The summed E-state index contributed by atoms with van der Waals surface area (Å²) >= 11 is 0. The molecule has 0 amide bonds. The zero-order valence-corrected chi connectivity index (χ0v) is 17.0. The van der Waals surface area contributed by atoms with E-state index in [-0.39, 0.29) is 5.82 Å². The summed E-state index contributed by atoms with van der Waals surface area (Å²) in [4.78, 5) is 5.13. The van der Waals surface area contributed by atoms with Gasteiger partial charge < -0.3 is 9.47 Å². The van der Waals surface area contributed by atoms with Gasteiger partial charge in [-0.25, -0.2) is 4.39 Å². The van der Waals surface area contributed by atoms with E-state index >= 15 is 0 Å². The van der Waals surface area contributed by atoms with Gasteiger partial charge >= 0.3 is 0 Å². The standard InChI is InChI=1S/C23H35FN2O2/c24-23-6-2-1-4-20(23)17-25-11-7-19(8-12-25)16-26(18-22-5-3-13-28-22)21-9-14-27-15-10-21/h1-2,4,6,19,21-22H,3,5,7-18H2. The lowest BCUT2D eigenvalue weighted by Crippen LogP contribution is -2.47. The summed E-state index contributed by atoms with van der Waals surface area (Å²) in [6, 6.07) is 7.83. The third-order valence-corrected chi connectivity index (χ3v) is 6.72. The summed E-state index contributed by atoms with van der Waals surface area (Å²) in [5, 5.41) is 0. The van der Waals surface area contributed by atoms with Crippen molar-refractivity contribution in [3.8, 4) is 0 Å². The van der Waals surface area contributed by atoms with Crippen LogP contribution in [0.4, 0.5) is 4.39 Å². The highest BCUT2D eigenvalue weighted by Gasteiger charge is 2.29. The molecule has 0 radical (unpaired) electrons. The van der Waals surface area contributed by atoms with Crippen LogP contribution in [0, 0.1) is 11.7 Å². The lowest BCUT2D eigenvalue weighted by atomic mass is 9.94. The van der Waals surface area contributed by atoms with E-state index in [1.165, 1.54) is 32.2 Å². The fraction of sp³-hybridized carbons (Fsp3) is 0.739. The first kappa shape index (κ1) is 20.3. The second-order valence-corrected chi connectivity index (χ2v) is 8.74. The van der Waals surface area contributed by atoms with Crippen LogP contribution >= 0.6 is 0 Å². The Kier molecular flexibility index (Phi) is 7.35. The summed E-state index contributed by atoms with van der Waals surface area (Å²) in [7, 11) is 0. The zero-order valence-electron chi connectivity index (χ0n) is 17.0. The lowest BCUT2D eigenvalue weighted by Gasteiger charge is -2.40. The second kappa shape index (κ2) is 10.1. The largest absolute Gasteiger partial charge is 0.381 e. The van der Waals surface area contributed by atoms with Gasteiger partial charge in [0.1, 0.15) is 5.82 Å². The molecule has 3 aliphatic heterocycles. The fourth-order valence-corrected chi connectivity index (χ4v) is 5.00. The number of nitrogens with zero attached hydrogens (tertiary/aromatic N) is 2. The molecule has 5 heteroatoms. The highest BCUT2D eigenvalue weighted by atomic mass is 19.1. The third-order valence-electron chi connectivity index (χ3n) is 6.72. The van der Waals surface area contributed by atoms with E-state index < -0.39 is 0 Å². The van der Waals surface area contributed by atoms with Crippen molar-refractivity contribution in [1.29, 1.82) is 0 Å². The molecular weight excluding hydrogens is 355 g/mol. The molecule has 4 nitrogen and oxygen atoms in total. The molecule has 3 heterocycles. The maximum Gasteiger partial charge on any atom is 0.127 e. The van der Waals surface area contributed by atoms with Crippen LogP contribution in [-0.2, 0) is 16.0 Å². The topological polar surface area (TPSA) is 24.9 Å². The van der Waals surface area contributed by atoms with Gasteiger partial charge in [-0.05, 0) is 63.6 Å². The van der Waals surface area contributed by atoms with Gasteiger partial charge in [0.15, 0.2) is 0 Å². The van der Waals surface area contributed by atoms with Crippen LogP contribution in [0.15, 0.2) is 24.3 Å². The molecular formula is C23H35FN2O2. The smallest absolute Gasteiger partial charge is 0.127 e. The minimum Gasteiger partial charge on any atom is -0.381 e. The molecule has 28 heavy (non-hydrogen) atoms. The van der Waals surface area contributed by atoms with Crippen molar-refractivity contribution in [3.63, 3.8) is 0 Å². The number of hydrogen-bond acceptors (Lipinski definition) is 4. The number of ether oxygens (including phenoxy) is 2. The van der Waals surface area contributed by atoms with Crippen molar-refractivity contribution < 1.29 is 13.9 Å². The Balaban J connectivity index is 1.28. The summed E-state index contributed by atoms with van der Waals surface area (Å²) in [6.07, 6.45) is 7.56. The molecule has 0 N–H and O–H groups in total. The number of piperidine rings is 1. The van der Waals surface area contributed by atoms with Gasteiger partial charge in [-0.3, -0.25) is 9.80 Å². The molecule has 4 rings (SSSR count). The average molecular weight is 391 g/mol. The quantitative estimate of drug-likeness (QED) is 0.709. The average Bonchev–Trinajstić information content (AvgIpc) is 3.24. The van der Waals surface area contributed by atoms with E-state index in [0.29, 0.717) is 12.1 Å². The second-order valence-electron chi connectivity index (χ2n) is 8.74. The van der Waals surface area contributed by atoms with Gasteiger partial charge in [0.05, 0.1) is 6.10 Å². The first-order valence-corrected chi connectivity index (χ1v) is 11.2. The molecule has 3 saturated heterocycles. The first-order chi connectivity index (χ1) is 13.8. The Morgan fingerprint density at radius 3 is 2.46 bits per heavy atom. The Morgan fingerprint density at radius 1 is 0.964 bits per heavy atom. The van der Waals surface area contributed by atoms with E-state index in [1.807, 2.05) is 12.1 Å². The Morgan fingerprint density at radius 2 is 1.75 bits per heavy atom. The summed E-state index contributed by atoms with van der Waals surface area (Å²) in [6.45, 7) is 7.86. The highest BCUT2D eigenvalue weighted by molar-refractivity contribution is 5.17. The minimum atomic E-state index is -0.0770. The molecule has 0 aromatic heterocycles. The van der Waals surface area contributed by atoms with Crippen molar-refractivity contribution in [2.75, 3.05) is 46.0 Å². The first-order valence-electron chi connectivity index (χ1n) is 11.2. The predicted molar refractivity (Wildman–Crippen MR) is 109 cm³/mol. The minimum absolute atomic E-state index is 0.0770. The van der Waals surface area contributed by atoms with Gasteiger partial charge in [0, 0.05) is 51.1 Å². The maximum atomic E-state index is 13.9.